The molecule has 0 aromatic heterocycles. The molecule has 0 saturated heterocycles. The molecule has 0 N–H and O–H groups in total. The average molecular weight is 304 g/mol. The van der Waals surface area contributed by atoms with Crippen molar-refractivity contribution in [2.75, 3.05) is 0 Å². The third-order valence-electron chi connectivity index (χ3n) is 2.81. The first-order valence-electron chi connectivity index (χ1n) is 6.10. The Bertz CT molecular complexity index is 658. The van der Waals surface area contributed by atoms with Gasteiger partial charge in [-0.2, -0.15) is 11.8 Å². The highest BCUT2D eigenvalue weighted by Crippen LogP contribution is 2.22. The lowest BCUT2D eigenvalue weighted by atomic mass is 10.2. The lowest BCUT2D eigenvalue weighted by Gasteiger charge is -2.02. The number of nitro groups is 2. The van der Waals surface area contributed by atoms with E-state index in [-0.39, 0.29) is 11.4 Å². The van der Waals surface area contributed by atoms with E-state index in [0.29, 0.717) is 11.5 Å². The molecule has 108 valence electrons. The molecule has 2 aromatic rings. The van der Waals surface area contributed by atoms with Crippen LogP contribution in [0.25, 0.3) is 0 Å². The second-order valence-electron chi connectivity index (χ2n) is 4.34. The number of non-ortho nitro benzene ring substituents is 2. The van der Waals surface area contributed by atoms with Crippen molar-refractivity contribution in [1.29, 1.82) is 0 Å². The zero-order valence-electron chi connectivity index (χ0n) is 11.0. The molecule has 7 heteroatoms. The number of hydrogen-bond acceptors (Lipinski definition) is 5. The van der Waals surface area contributed by atoms with Crippen molar-refractivity contribution in [3.05, 3.63) is 79.9 Å². The zero-order valence-corrected chi connectivity index (χ0v) is 11.8. The van der Waals surface area contributed by atoms with Gasteiger partial charge in [0.25, 0.3) is 11.4 Å². The van der Waals surface area contributed by atoms with Gasteiger partial charge < -0.3 is 0 Å². The SMILES string of the molecule is O=[N+]([O-])c1ccc(CSCc2cccc([N+](=O)[O-])c2)cc1. The number of nitro benzene ring substituents is 2. The van der Waals surface area contributed by atoms with Gasteiger partial charge in [-0.05, 0) is 11.1 Å². The van der Waals surface area contributed by atoms with Crippen molar-refractivity contribution in [1.82, 2.24) is 0 Å². The fourth-order valence-electron chi connectivity index (χ4n) is 1.76. The summed E-state index contributed by atoms with van der Waals surface area (Å²) in [6.07, 6.45) is 0. The third kappa shape index (κ3) is 4.28. The van der Waals surface area contributed by atoms with Gasteiger partial charge in [0.2, 0.25) is 0 Å². The van der Waals surface area contributed by atoms with Crippen molar-refractivity contribution in [3.8, 4) is 0 Å². The molecule has 0 aliphatic heterocycles. The molecule has 0 spiro atoms. The average Bonchev–Trinajstić information content (AvgIpc) is 2.48. The van der Waals surface area contributed by atoms with Gasteiger partial charge in [0.05, 0.1) is 9.85 Å². The molecule has 0 heterocycles. The summed E-state index contributed by atoms with van der Waals surface area (Å²) >= 11 is 1.60. The fourth-order valence-corrected chi connectivity index (χ4v) is 2.71. The molecule has 0 aliphatic rings. The highest BCUT2D eigenvalue weighted by Gasteiger charge is 2.06. The first-order chi connectivity index (χ1) is 10.1. The van der Waals surface area contributed by atoms with E-state index < -0.39 is 9.85 Å². The summed E-state index contributed by atoms with van der Waals surface area (Å²) in [7, 11) is 0. The first-order valence-corrected chi connectivity index (χ1v) is 7.26. The molecular weight excluding hydrogens is 292 g/mol. The second kappa shape index (κ2) is 6.85. The predicted molar refractivity (Wildman–Crippen MR) is 81.2 cm³/mol. The smallest absolute Gasteiger partial charge is 0.258 e. The highest BCUT2D eigenvalue weighted by molar-refractivity contribution is 7.97. The van der Waals surface area contributed by atoms with Gasteiger partial charge in [0.15, 0.2) is 0 Å². The van der Waals surface area contributed by atoms with Gasteiger partial charge >= 0.3 is 0 Å². The molecule has 0 aliphatic carbocycles. The molecular formula is C14H12N2O4S. The number of thioether (sulfide) groups is 1. The maximum absolute atomic E-state index is 10.7. The monoisotopic (exact) mass is 304 g/mol. The van der Waals surface area contributed by atoms with E-state index in [1.807, 2.05) is 6.07 Å². The van der Waals surface area contributed by atoms with E-state index in [1.54, 1.807) is 36.0 Å². The van der Waals surface area contributed by atoms with Crippen LogP contribution in [0.2, 0.25) is 0 Å². The Labute approximate surface area is 125 Å². The van der Waals surface area contributed by atoms with Crippen LogP contribution in [-0.4, -0.2) is 9.85 Å². The lowest BCUT2D eigenvalue weighted by molar-refractivity contribution is -0.385. The Morgan fingerprint density at radius 1 is 0.810 bits per heavy atom. The maximum atomic E-state index is 10.7. The Kier molecular flexibility index (Phi) is 4.89. The van der Waals surface area contributed by atoms with Gasteiger partial charge in [-0.3, -0.25) is 20.2 Å². The molecule has 6 nitrogen and oxygen atoms in total. The van der Waals surface area contributed by atoms with E-state index in [1.165, 1.54) is 18.2 Å². The maximum Gasteiger partial charge on any atom is 0.269 e. The molecule has 0 fully saturated rings. The van der Waals surface area contributed by atoms with Crippen molar-refractivity contribution < 1.29 is 9.85 Å². The molecule has 2 rings (SSSR count). The first kappa shape index (κ1) is 15.0. The van der Waals surface area contributed by atoms with E-state index in [2.05, 4.69) is 0 Å². The van der Waals surface area contributed by atoms with E-state index in [9.17, 15) is 20.2 Å². The minimum absolute atomic E-state index is 0.0717. The Morgan fingerprint density at radius 3 is 2.05 bits per heavy atom. The number of benzene rings is 2. The largest absolute Gasteiger partial charge is 0.269 e. The van der Waals surface area contributed by atoms with Crippen LogP contribution in [0.5, 0.6) is 0 Å². The van der Waals surface area contributed by atoms with E-state index in [0.717, 1.165) is 11.1 Å². The van der Waals surface area contributed by atoms with Crippen LogP contribution in [0.4, 0.5) is 11.4 Å². The van der Waals surface area contributed by atoms with Gasteiger partial charge in [-0.25, -0.2) is 0 Å². The molecule has 0 bridgehead atoms. The summed E-state index contributed by atoms with van der Waals surface area (Å²) < 4.78 is 0. The molecule has 0 radical (unpaired) electrons. The second-order valence-corrected chi connectivity index (χ2v) is 5.33. The van der Waals surface area contributed by atoms with Crippen molar-refractivity contribution in [2.45, 2.75) is 11.5 Å². The van der Waals surface area contributed by atoms with E-state index in [4.69, 9.17) is 0 Å². The van der Waals surface area contributed by atoms with Crippen LogP contribution in [0.3, 0.4) is 0 Å². The lowest BCUT2D eigenvalue weighted by Crippen LogP contribution is -1.90. The zero-order chi connectivity index (χ0) is 15.2. The molecule has 0 saturated carbocycles. The molecule has 0 atom stereocenters. The van der Waals surface area contributed by atoms with Gasteiger partial charge in [-0.15, -0.1) is 0 Å². The van der Waals surface area contributed by atoms with Gasteiger partial charge in [-0.1, -0.05) is 24.3 Å². The van der Waals surface area contributed by atoms with Gasteiger partial charge in [0, 0.05) is 35.8 Å². The predicted octanol–water partition coefficient (Wildman–Crippen LogP) is 3.94. The molecule has 21 heavy (non-hydrogen) atoms. The fraction of sp³-hybridized carbons (Fsp3) is 0.143. The summed E-state index contributed by atoms with van der Waals surface area (Å²) in [5.41, 5.74) is 2.03. The van der Waals surface area contributed by atoms with E-state index >= 15 is 0 Å². The normalized spacial score (nSPS) is 10.3. The Morgan fingerprint density at radius 2 is 1.43 bits per heavy atom. The van der Waals surface area contributed by atoms with Crippen LogP contribution >= 0.6 is 11.8 Å². The summed E-state index contributed by atoms with van der Waals surface area (Å²) in [5, 5.41) is 21.2. The van der Waals surface area contributed by atoms with Crippen LogP contribution in [0, 0.1) is 20.2 Å². The molecule has 0 amide bonds. The molecule has 0 unspecified atom stereocenters. The highest BCUT2D eigenvalue weighted by atomic mass is 32.2. The van der Waals surface area contributed by atoms with Crippen LogP contribution in [0.1, 0.15) is 11.1 Å². The molecule has 2 aromatic carbocycles. The van der Waals surface area contributed by atoms with Crippen LogP contribution < -0.4 is 0 Å². The standard InChI is InChI=1S/C14H12N2O4S/c17-15(18)13-6-4-11(5-7-13)9-21-10-12-2-1-3-14(8-12)16(19)20/h1-8H,9-10H2. The number of hydrogen-bond donors (Lipinski definition) is 0. The summed E-state index contributed by atoms with van der Waals surface area (Å²) in [4.78, 5) is 20.4. The van der Waals surface area contributed by atoms with Crippen molar-refractivity contribution in [3.63, 3.8) is 0 Å². The Balaban J connectivity index is 1.90. The topological polar surface area (TPSA) is 86.3 Å². The minimum atomic E-state index is -0.431. The summed E-state index contributed by atoms with van der Waals surface area (Å²) in [6.45, 7) is 0. The quantitative estimate of drug-likeness (QED) is 0.596. The Hall–Kier alpha value is -2.41. The third-order valence-corrected chi connectivity index (χ3v) is 3.88. The number of nitrogens with zero attached hydrogens (tertiary/aromatic N) is 2. The van der Waals surface area contributed by atoms with Crippen LogP contribution in [-0.2, 0) is 11.5 Å². The van der Waals surface area contributed by atoms with Crippen LogP contribution in [0.15, 0.2) is 48.5 Å². The van der Waals surface area contributed by atoms with Gasteiger partial charge in [0.1, 0.15) is 0 Å². The van der Waals surface area contributed by atoms with Crippen molar-refractivity contribution in [2.24, 2.45) is 0 Å². The van der Waals surface area contributed by atoms with Crippen molar-refractivity contribution >= 4 is 23.1 Å². The minimum Gasteiger partial charge on any atom is -0.258 e. The number of rotatable bonds is 6. The summed E-state index contributed by atoms with van der Waals surface area (Å²) in [5.74, 6) is 1.35. The summed E-state index contributed by atoms with van der Waals surface area (Å²) in [6, 6.07) is 12.9.